The number of anilines is 1. The van der Waals surface area contributed by atoms with Crippen molar-refractivity contribution in [1.82, 2.24) is 30.0 Å². The quantitative estimate of drug-likeness (QED) is 0.109. The molecule has 1 saturated carbocycles. The van der Waals surface area contributed by atoms with E-state index in [9.17, 15) is 44.1 Å². The van der Waals surface area contributed by atoms with Crippen LogP contribution in [0.4, 0.5) is 10.7 Å². The third-order valence-corrected chi connectivity index (χ3v) is 18.2. The molecule has 486 valence electrons. The van der Waals surface area contributed by atoms with Crippen molar-refractivity contribution >= 4 is 41.4 Å². The topological polar surface area (TPSA) is 295 Å². The fourth-order valence-corrected chi connectivity index (χ4v) is 12.7. The molecule has 1 aromatic heterocycles. The van der Waals surface area contributed by atoms with Crippen molar-refractivity contribution in [1.29, 1.82) is 0 Å². The summed E-state index contributed by atoms with van der Waals surface area (Å²) in [5.41, 5.74) is 9.00. The van der Waals surface area contributed by atoms with Crippen molar-refractivity contribution in [3.05, 3.63) is 65.6 Å². The third-order valence-electron chi connectivity index (χ3n) is 18.2. The molecule has 3 saturated heterocycles. The molecule has 6 N–H and O–H groups in total. The van der Waals surface area contributed by atoms with E-state index in [2.05, 4.69) is 15.3 Å². The second kappa shape index (κ2) is 33.4. The molecule has 16 atom stereocenters. The minimum Gasteiger partial charge on any atom is -0.459 e. The summed E-state index contributed by atoms with van der Waals surface area (Å²) in [4.78, 5) is 99.0. The molecule has 0 radical (unpaired) electrons. The number of aromatic nitrogens is 2. The maximum absolute atomic E-state index is 14.8. The van der Waals surface area contributed by atoms with Crippen LogP contribution >= 0.6 is 0 Å². The van der Waals surface area contributed by atoms with Gasteiger partial charge in [-0.05, 0) is 115 Å². The molecule has 6 rings (SSSR count). The van der Waals surface area contributed by atoms with Gasteiger partial charge in [0.2, 0.25) is 17.6 Å². The fourth-order valence-electron chi connectivity index (χ4n) is 12.7. The van der Waals surface area contributed by atoms with Gasteiger partial charge in [0.1, 0.15) is 30.5 Å². The van der Waals surface area contributed by atoms with Crippen LogP contribution in [0.1, 0.15) is 124 Å². The number of aliphatic hydroxyl groups is 3. The molecule has 1 aliphatic carbocycles. The SMILES string of the molecule is CO[C@H]1C[C@@H]2CC[C@@H](C)[C@@](O)(O2)C(=O)C(=O)N2CCCC[C@H]2C(=O)O[C@H]([C@H](N)C[C@@H]2CC[C@@H](OC(=O)NCc3cnc(N4CCN(C(=O)CN(C)C)CC4)nc3)[C@H](OC)C2)C[C@@H](OC)[C@H](C)/C=C(\C)[C@@H](O)[C@@H](O)C(=O)[C@H](C)C[C@H](C)/C=C/C=C/C=C/1C. The summed E-state index contributed by atoms with van der Waals surface area (Å²) >= 11 is 0. The maximum atomic E-state index is 14.8. The number of hydrogen-bond acceptors (Lipinski definition) is 20. The zero-order chi connectivity index (χ0) is 63.7. The molecule has 2 bridgehead atoms. The number of methoxy groups -OCH3 is 3. The first-order chi connectivity index (χ1) is 41.4. The molecule has 0 aromatic carbocycles. The van der Waals surface area contributed by atoms with Crippen LogP contribution in [-0.2, 0) is 58.9 Å². The average molecular weight is 1220 g/mol. The number of allylic oxidation sites excluding steroid dienone is 5. The van der Waals surface area contributed by atoms with Crippen LogP contribution < -0.4 is 16.0 Å². The van der Waals surface area contributed by atoms with Gasteiger partial charge in [0.25, 0.3) is 11.7 Å². The summed E-state index contributed by atoms with van der Waals surface area (Å²) in [7, 11) is 8.34. The smallest absolute Gasteiger partial charge is 0.407 e. The van der Waals surface area contributed by atoms with Crippen molar-refractivity contribution < 1.29 is 72.5 Å². The van der Waals surface area contributed by atoms with Crippen LogP contribution in [-0.4, -0.2) is 217 Å². The number of piperidine rings is 1. The Labute approximate surface area is 514 Å². The lowest BCUT2D eigenvalue weighted by Gasteiger charge is -2.43. The fraction of sp³-hybridized carbons (Fsp3) is 0.719. The van der Waals surface area contributed by atoms with E-state index in [4.69, 9.17) is 34.2 Å². The van der Waals surface area contributed by atoms with E-state index in [0.717, 1.165) is 5.57 Å². The Kier molecular flexibility index (Phi) is 27.1. The van der Waals surface area contributed by atoms with Crippen LogP contribution in [0.15, 0.2) is 60.0 Å². The number of hydrogen-bond donors (Lipinski definition) is 5. The zero-order valence-corrected chi connectivity index (χ0v) is 53.2. The van der Waals surface area contributed by atoms with E-state index in [0.29, 0.717) is 108 Å². The average Bonchev–Trinajstić information content (AvgIpc) is 1.20. The van der Waals surface area contributed by atoms with Gasteiger partial charge in [-0.2, -0.15) is 0 Å². The van der Waals surface area contributed by atoms with Crippen LogP contribution in [0.3, 0.4) is 0 Å². The molecule has 87 heavy (non-hydrogen) atoms. The van der Waals surface area contributed by atoms with Gasteiger partial charge >= 0.3 is 12.1 Å². The first-order valence-corrected chi connectivity index (χ1v) is 31.2. The number of carbonyl (C=O) groups is 6. The molecule has 0 unspecified atom stereocenters. The van der Waals surface area contributed by atoms with Gasteiger partial charge < -0.3 is 74.4 Å². The first-order valence-electron chi connectivity index (χ1n) is 31.2. The maximum Gasteiger partial charge on any atom is 0.407 e. The largest absolute Gasteiger partial charge is 0.459 e. The van der Waals surface area contributed by atoms with E-state index >= 15 is 0 Å². The molecule has 3 amide bonds. The van der Waals surface area contributed by atoms with Gasteiger partial charge in [0.15, 0.2) is 5.78 Å². The second-order valence-electron chi connectivity index (χ2n) is 25.2. The monoisotopic (exact) mass is 1220 g/mol. The number of nitrogens with one attached hydrogen (secondary N) is 1. The lowest BCUT2D eigenvalue weighted by atomic mass is 9.80. The van der Waals surface area contributed by atoms with Crippen LogP contribution in [0.2, 0.25) is 0 Å². The third kappa shape index (κ3) is 19.5. The van der Waals surface area contributed by atoms with Crippen LogP contribution in [0.25, 0.3) is 0 Å². The van der Waals surface area contributed by atoms with Crippen LogP contribution in [0, 0.1) is 29.6 Å². The minimum atomic E-state index is -2.47. The number of piperazine rings is 1. The number of aliphatic hydroxyl groups excluding tert-OH is 2. The summed E-state index contributed by atoms with van der Waals surface area (Å²) in [6.45, 7) is 13.6. The Bertz CT molecular complexity index is 2570. The van der Waals surface area contributed by atoms with Crippen molar-refractivity contribution in [2.75, 3.05) is 79.6 Å². The number of nitrogens with zero attached hydrogens (tertiary/aromatic N) is 6. The molecular weight excluding hydrogens is 1120 g/mol. The van der Waals surface area contributed by atoms with Gasteiger partial charge in [-0.1, -0.05) is 64.2 Å². The van der Waals surface area contributed by atoms with Gasteiger partial charge in [0, 0.05) is 115 Å². The van der Waals surface area contributed by atoms with Gasteiger partial charge in [-0.25, -0.2) is 19.6 Å². The summed E-state index contributed by atoms with van der Waals surface area (Å²) in [6.07, 6.45) is 11.3. The second-order valence-corrected chi connectivity index (χ2v) is 25.2. The Morgan fingerprint density at radius 3 is 2.18 bits per heavy atom. The molecule has 0 spiro atoms. The van der Waals surface area contributed by atoms with Crippen molar-refractivity contribution in [2.45, 2.75) is 192 Å². The molecule has 23 heteroatoms. The van der Waals surface area contributed by atoms with E-state index in [1.165, 1.54) is 12.0 Å². The standard InChI is InChI=1S/C64H100N8O15/c1-39-17-13-12-14-18-40(2)51(82-9)33-47-22-20-44(6)64(81,87-47)59(77)60(78)72-24-16-15-19-49(72)61(79)85-53(34-52(83-10)41(3)30-43(5)57(75)58(76)56(74)42(4)29-39)48(65)31-45-21-23-50(54(32-45)84-11)86-63(80)68-37-46-35-66-62(67-36-46)71-27-25-70(26-28-71)55(73)38-69(7)8/h12-14,17-18,30,35-36,39,41-42,44-45,47-54,57-58,75-76,81H,15-16,19-29,31-34,37-38,65H2,1-11H3,(H,68,80)/b14-12+,17-13+,40-18+,43-30+/t39-,41-,42-,44-,45+,47+,48-,49+,50-,51+,52-,53+,54-,57-,58+,64-/m1/s1. The number of alkyl carbamates (subject to hydrolysis) is 1. The number of fused-ring (bicyclic) bond motifs is 3. The number of ketones is 2. The number of Topliss-reactive ketones (excluding diaryl/α,β-unsaturated/α-hetero) is 2. The lowest BCUT2D eigenvalue weighted by Crippen LogP contribution is -2.61. The zero-order valence-electron chi connectivity index (χ0n) is 53.2. The summed E-state index contributed by atoms with van der Waals surface area (Å²) in [5, 5.41) is 37.6. The summed E-state index contributed by atoms with van der Waals surface area (Å²) in [6, 6.07) is -2.01. The van der Waals surface area contributed by atoms with E-state index in [1.54, 1.807) is 53.5 Å². The summed E-state index contributed by atoms with van der Waals surface area (Å²) in [5.74, 6) is -7.29. The Balaban J connectivity index is 1.17. The van der Waals surface area contributed by atoms with Crippen molar-refractivity contribution in [2.24, 2.45) is 35.3 Å². The van der Waals surface area contributed by atoms with E-state index < -0.39 is 114 Å². The lowest BCUT2D eigenvalue weighted by molar-refractivity contribution is -0.265. The number of amides is 3. The van der Waals surface area contributed by atoms with Gasteiger partial charge in [-0.3, -0.25) is 19.2 Å². The van der Waals surface area contributed by atoms with E-state index in [1.807, 2.05) is 79.9 Å². The van der Waals surface area contributed by atoms with Gasteiger partial charge in [0.05, 0.1) is 31.0 Å². The first kappa shape index (κ1) is 70.6. The highest BCUT2D eigenvalue weighted by atomic mass is 16.6. The Hall–Kier alpha value is -5.50. The van der Waals surface area contributed by atoms with Crippen molar-refractivity contribution in [3.63, 3.8) is 0 Å². The number of ether oxygens (including phenoxy) is 6. The van der Waals surface area contributed by atoms with E-state index in [-0.39, 0.29) is 50.1 Å². The molecular formula is C64H100N8O15. The highest BCUT2D eigenvalue weighted by molar-refractivity contribution is 6.39. The number of carbonyl (C=O) groups excluding carboxylic acids is 6. The predicted octanol–water partition coefficient (Wildman–Crippen LogP) is 4.60. The highest BCUT2D eigenvalue weighted by Gasteiger charge is 2.53. The molecule has 4 aliphatic heterocycles. The number of likely N-dealkylation sites (N-methyl/N-ethyl adjacent to an activating group) is 1. The predicted molar refractivity (Wildman–Crippen MR) is 325 cm³/mol. The number of esters is 1. The Morgan fingerprint density at radius 1 is 0.816 bits per heavy atom. The minimum absolute atomic E-state index is 0.0450. The molecule has 5 aliphatic rings. The molecule has 1 aromatic rings. The summed E-state index contributed by atoms with van der Waals surface area (Å²) < 4.78 is 36.4. The molecule has 5 heterocycles. The van der Waals surface area contributed by atoms with Crippen molar-refractivity contribution in [3.8, 4) is 0 Å². The van der Waals surface area contributed by atoms with Gasteiger partial charge in [-0.15, -0.1) is 0 Å². The molecule has 4 fully saturated rings. The Morgan fingerprint density at radius 2 is 1.52 bits per heavy atom. The normalized spacial score (nSPS) is 35.0. The number of rotatable bonds is 12. The molecule has 23 nitrogen and oxygen atoms in total. The number of cyclic esters (lactones) is 1. The van der Waals surface area contributed by atoms with Crippen LogP contribution in [0.5, 0.6) is 0 Å². The highest BCUT2D eigenvalue weighted by Crippen LogP contribution is 2.38. The number of nitrogens with two attached hydrogens (primary N) is 1.